The second-order valence-electron chi connectivity index (χ2n) is 7.04. The summed E-state index contributed by atoms with van der Waals surface area (Å²) in [6.07, 6.45) is 4.56. The van der Waals surface area contributed by atoms with Gasteiger partial charge in [-0.1, -0.05) is 109 Å². The Kier molecular flexibility index (Phi) is 7.30. The van der Waals surface area contributed by atoms with Gasteiger partial charge in [-0.25, -0.2) is 0 Å². The Morgan fingerprint density at radius 1 is 0.733 bits per heavy atom. The first-order valence-electron chi connectivity index (χ1n) is 9.78. The van der Waals surface area contributed by atoms with Crippen LogP contribution in [0.3, 0.4) is 0 Å². The van der Waals surface area contributed by atoms with E-state index in [1.165, 1.54) is 33.0 Å². The molecule has 0 N–H and O–H groups in total. The Morgan fingerprint density at radius 2 is 1.43 bits per heavy atom. The van der Waals surface area contributed by atoms with Crippen LogP contribution in [-0.4, -0.2) is 0 Å². The standard InChI is InChI=1S/C26H20N.2ClH.Ti/c1-2-10-21(11-3-1)27-18-26-23-13-7-5-9-20(23)15-17-25(26)24-16-14-19-8-4-6-12-22(19)24;;;/h1-17,24H,18H2;2*1H;/q-1;;;+2/p-2. The molecule has 1 nitrogen and oxygen atoms in total. The number of nitrogens with zero attached hydrogens (tertiary/aromatic N) is 1. The van der Waals surface area contributed by atoms with Gasteiger partial charge in [0.15, 0.2) is 0 Å². The summed E-state index contributed by atoms with van der Waals surface area (Å²) in [7, 11) is 9.78. The maximum absolute atomic E-state index is 4.89. The molecule has 0 bridgehead atoms. The summed E-state index contributed by atoms with van der Waals surface area (Å²) >= 11 is -0.556. The summed E-state index contributed by atoms with van der Waals surface area (Å²) in [5.41, 5.74) is 6.41. The summed E-state index contributed by atoms with van der Waals surface area (Å²) < 4.78 is 0. The summed E-state index contributed by atoms with van der Waals surface area (Å²) in [5, 5.41) is 7.46. The average Bonchev–Trinajstić information content (AvgIpc) is 3.22. The molecule has 30 heavy (non-hydrogen) atoms. The van der Waals surface area contributed by atoms with E-state index < -0.39 is 17.0 Å². The third-order valence-electron chi connectivity index (χ3n) is 5.39. The van der Waals surface area contributed by atoms with Crippen LogP contribution < -0.4 is 0 Å². The first-order chi connectivity index (χ1) is 14.8. The number of fused-ring (bicyclic) bond motifs is 2. The van der Waals surface area contributed by atoms with Crippen LogP contribution >= 0.6 is 18.6 Å². The Morgan fingerprint density at radius 3 is 2.27 bits per heavy atom. The molecular weight excluding hydrogens is 445 g/mol. The van der Waals surface area contributed by atoms with Gasteiger partial charge >= 0.3 is 35.6 Å². The molecule has 0 saturated carbocycles. The fraction of sp³-hybridized carbons (Fsp3) is 0.0769. The fourth-order valence-electron chi connectivity index (χ4n) is 4.05. The summed E-state index contributed by atoms with van der Waals surface area (Å²) in [4.78, 5) is 0. The molecule has 4 aromatic carbocycles. The number of para-hydroxylation sites is 1. The van der Waals surface area contributed by atoms with Crippen molar-refractivity contribution in [2.75, 3.05) is 0 Å². The van der Waals surface area contributed by atoms with Gasteiger partial charge in [0.2, 0.25) is 0 Å². The van der Waals surface area contributed by atoms with Crippen molar-refractivity contribution < 1.29 is 17.0 Å². The van der Waals surface area contributed by atoms with Gasteiger partial charge in [-0.3, -0.25) is 0 Å². The van der Waals surface area contributed by atoms with E-state index in [1.54, 1.807) is 0 Å². The topological polar surface area (TPSA) is 14.1 Å². The van der Waals surface area contributed by atoms with Crippen molar-refractivity contribution in [3.8, 4) is 0 Å². The van der Waals surface area contributed by atoms with Crippen molar-refractivity contribution in [2.45, 2.75) is 12.5 Å². The molecule has 0 aliphatic heterocycles. The summed E-state index contributed by atoms with van der Waals surface area (Å²) in [5.74, 6) is 0.298. The van der Waals surface area contributed by atoms with Crippen LogP contribution in [0.5, 0.6) is 0 Å². The van der Waals surface area contributed by atoms with Gasteiger partial charge in [-0.15, -0.1) is 12.2 Å². The van der Waals surface area contributed by atoms with E-state index in [9.17, 15) is 0 Å². The molecule has 1 aliphatic carbocycles. The van der Waals surface area contributed by atoms with Crippen molar-refractivity contribution >= 4 is 41.1 Å². The van der Waals surface area contributed by atoms with Crippen LogP contribution in [0.2, 0.25) is 0 Å². The van der Waals surface area contributed by atoms with Gasteiger partial charge in [0.1, 0.15) is 0 Å². The molecule has 0 amide bonds. The zero-order valence-corrected chi connectivity index (χ0v) is 19.4. The zero-order chi connectivity index (χ0) is 20.8. The number of halogens is 2. The van der Waals surface area contributed by atoms with E-state index in [0.717, 1.165) is 5.69 Å². The van der Waals surface area contributed by atoms with Crippen molar-refractivity contribution in [1.29, 1.82) is 0 Å². The average molecular weight is 465 g/mol. The van der Waals surface area contributed by atoms with E-state index in [-0.39, 0.29) is 0 Å². The SMILES string of the molecule is C1=CC(c2ccc3ccccc3c2C[N-]c2ccccc2)c2ccccc21.[Cl][Ti][Cl]. The molecule has 148 valence electrons. The van der Waals surface area contributed by atoms with Gasteiger partial charge < -0.3 is 5.32 Å². The predicted octanol–water partition coefficient (Wildman–Crippen LogP) is 8.58. The Bertz CT molecular complexity index is 1160. The number of hydrogen-bond donors (Lipinski definition) is 0. The van der Waals surface area contributed by atoms with Crippen molar-refractivity contribution in [3.63, 3.8) is 0 Å². The van der Waals surface area contributed by atoms with E-state index in [2.05, 4.69) is 84.9 Å². The van der Waals surface area contributed by atoms with E-state index in [0.29, 0.717) is 12.5 Å². The van der Waals surface area contributed by atoms with Gasteiger partial charge in [0, 0.05) is 5.92 Å². The molecule has 5 rings (SSSR count). The maximum atomic E-state index is 4.89. The Labute approximate surface area is 194 Å². The van der Waals surface area contributed by atoms with Crippen molar-refractivity contribution in [3.05, 3.63) is 125 Å². The van der Waals surface area contributed by atoms with Gasteiger partial charge in [0.05, 0.1) is 0 Å². The first-order valence-corrected chi connectivity index (χ1v) is 14.1. The van der Waals surface area contributed by atoms with Gasteiger partial charge in [-0.05, 0) is 27.5 Å². The second-order valence-corrected chi connectivity index (χ2v) is 9.62. The fourth-order valence-corrected chi connectivity index (χ4v) is 4.05. The number of rotatable bonds is 4. The van der Waals surface area contributed by atoms with Crippen LogP contribution in [-0.2, 0) is 23.6 Å². The van der Waals surface area contributed by atoms with Crippen molar-refractivity contribution in [1.82, 2.24) is 0 Å². The molecule has 4 heteroatoms. The van der Waals surface area contributed by atoms with Crippen molar-refractivity contribution in [2.24, 2.45) is 0 Å². The Balaban J connectivity index is 0.000000687. The summed E-state index contributed by atoms with van der Waals surface area (Å²) in [6, 6.07) is 32.1. The molecule has 1 unspecified atom stereocenters. The monoisotopic (exact) mass is 464 g/mol. The molecule has 0 spiro atoms. The minimum absolute atomic E-state index is 0.298. The zero-order valence-electron chi connectivity index (χ0n) is 16.3. The van der Waals surface area contributed by atoms with Gasteiger partial charge in [0.25, 0.3) is 0 Å². The molecular formula is C26H20Cl2NTi-. The summed E-state index contributed by atoms with van der Waals surface area (Å²) in [6.45, 7) is 0.688. The van der Waals surface area contributed by atoms with Crippen LogP contribution in [0.25, 0.3) is 22.2 Å². The van der Waals surface area contributed by atoms with E-state index in [1.807, 2.05) is 18.2 Å². The van der Waals surface area contributed by atoms with Crippen LogP contribution in [0.15, 0.2) is 97.1 Å². The predicted molar refractivity (Wildman–Crippen MR) is 126 cm³/mol. The first kappa shape index (κ1) is 21.2. The molecule has 1 atom stereocenters. The molecule has 4 aromatic rings. The van der Waals surface area contributed by atoms with Crippen LogP contribution in [0.4, 0.5) is 5.69 Å². The second kappa shape index (κ2) is 10.3. The minimum atomic E-state index is -0.556. The molecule has 0 saturated heterocycles. The normalized spacial score (nSPS) is 14.0. The third kappa shape index (κ3) is 4.66. The molecule has 0 heterocycles. The van der Waals surface area contributed by atoms with E-state index >= 15 is 0 Å². The van der Waals surface area contributed by atoms with Crippen LogP contribution in [0.1, 0.15) is 28.2 Å². The quantitative estimate of drug-likeness (QED) is 0.268. The molecule has 0 fully saturated rings. The van der Waals surface area contributed by atoms with Gasteiger partial charge in [-0.2, -0.15) is 0 Å². The molecule has 0 aromatic heterocycles. The molecule has 0 radical (unpaired) electrons. The van der Waals surface area contributed by atoms with E-state index in [4.69, 9.17) is 23.9 Å². The number of benzene rings is 4. The number of hydrogen-bond acceptors (Lipinski definition) is 0. The number of allylic oxidation sites excluding steroid dienone is 1. The molecule has 1 aliphatic rings. The van der Waals surface area contributed by atoms with Crippen LogP contribution in [0, 0.1) is 0 Å². The third-order valence-corrected chi connectivity index (χ3v) is 5.39. The Hall–Kier alpha value is -2.03.